The summed E-state index contributed by atoms with van der Waals surface area (Å²) in [5.41, 5.74) is 4.52. The molecule has 1 aliphatic heterocycles. The van der Waals surface area contributed by atoms with E-state index in [-0.39, 0.29) is 12.0 Å². The Bertz CT molecular complexity index is 995. The first-order valence-electron chi connectivity index (χ1n) is 11.6. The van der Waals surface area contributed by atoms with E-state index in [9.17, 15) is 0 Å². The van der Waals surface area contributed by atoms with Crippen LogP contribution in [0.5, 0.6) is 0 Å². The fourth-order valence-corrected chi connectivity index (χ4v) is 4.25. The van der Waals surface area contributed by atoms with E-state index < -0.39 is 0 Å². The minimum absolute atomic E-state index is 0.166. The highest BCUT2D eigenvalue weighted by Gasteiger charge is 2.21. The second-order valence-corrected chi connectivity index (χ2v) is 8.27. The van der Waals surface area contributed by atoms with Crippen LogP contribution in [0.15, 0.2) is 64.0 Å². The van der Waals surface area contributed by atoms with Crippen LogP contribution in [0.3, 0.4) is 0 Å². The Morgan fingerprint density at radius 1 is 1.06 bits per heavy atom. The van der Waals surface area contributed by atoms with Crippen LogP contribution in [0.2, 0.25) is 0 Å². The zero-order chi connectivity index (χ0) is 22.9. The Hall–Kier alpha value is -3.35. The largest absolute Gasteiger partial charge is 0.470 e. The minimum atomic E-state index is -0.166. The fraction of sp³-hybridized carbons (Fsp3) is 0.423. The average Bonchev–Trinajstić information content (AvgIpc) is 2.89. The van der Waals surface area contributed by atoms with E-state index in [4.69, 9.17) is 19.2 Å². The van der Waals surface area contributed by atoms with Gasteiger partial charge in [-0.25, -0.2) is 0 Å². The van der Waals surface area contributed by atoms with Crippen LogP contribution in [0.4, 0.5) is 0 Å². The fourth-order valence-electron chi connectivity index (χ4n) is 4.25. The van der Waals surface area contributed by atoms with Crippen LogP contribution >= 0.6 is 0 Å². The zero-order valence-corrected chi connectivity index (χ0v) is 19.3. The number of oxime groups is 3. The maximum atomic E-state index is 5.77. The molecule has 0 saturated heterocycles. The lowest BCUT2D eigenvalue weighted by molar-refractivity contribution is 0.0672. The van der Waals surface area contributed by atoms with Gasteiger partial charge in [-0.3, -0.25) is 0 Å². The molecule has 0 aromatic heterocycles. The Kier molecular flexibility index (Phi) is 7.95. The molecule has 174 valence electrons. The first kappa shape index (κ1) is 22.8. The van der Waals surface area contributed by atoms with E-state index in [2.05, 4.69) is 39.7 Å². The topological polar surface area (TPSA) is 74.0 Å². The number of hydrogen-bond donors (Lipinski definition) is 0. The molecule has 1 heterocycles. The summed E-state index contributed by atoms with van der Waals surface area (Å²) in [6.07, 6.45) is 8.14. The van der Waals surface area contributed by atoms with Crippen molar-refractivity contribution >= 4 is 17.8 Å². The molecule has 0 N–H and O–H groups in total. The molecule has 7 nitrogen and oxygen atoms in total. The van der Waals surface area contributed by atoms with E-state index in [1.165, 1.54) is 44.8 Å². The minimum Gasteiger partial charge on any atom is -0.470 e. The number of ether oxygens (including phenoxy) is 1. The van der Waals surface area contributed by atoms with Gasteiger partial charge >= 0.3 is 0 Å². The Morgan fingerprint density at radius 3 is 2.58 bits per heavy atom. The maximum absolute atomic E-state index is 5.77. The van der Waals surface area contributed by atoms with Gasteiger partial charge < -0.3 is 19.2 Å². The van der Waals surface area contributed by atoms with Crippen LogP contribution in [-0.2, 0) is 19.2 Å². The highest BCUT2D eigenvalue weighted by molar-refractivity contribution is 6.46. The monoisotopic (exact) mass is 449 g/mol. The number of nitrogens with zero attached hydrogens (tertiary/aromatic N) is 3. The standard InChI is InChI=1S/C26H31N3O4/c1-19(20-12-14-22(15-13-20)21-8-4-3-5-9-21)33-27-18-23-10-6-7-11-24(23)25(28-30-2)26-29-32-17-16-31-26/h6-7,10-15,18-19,21H,3-5,8-9,16-17H2,1-2H3/b27-18+,28-25+. The van der Waals surface area contributed by atoms with Crippen molar-refractivity contribution in [2.24, 2.45) is 15.5 Å². The second kappa shape index (κ2) is 11.5. The highest BCUT2D eigenvalue weighted by Crippen LogP contribution is 2.33. The normalized spacial score (nSPS) is 18.2. The first-order chi connectivity index (χ1) is 16.3. The lowest BCUT2D eigenvalue weighted by Crippen LogP contribution is -2.26. The molecule has 1 fully saturated rings. The Labute approximate surface area is 195 Å². The zero-order valence-electron chi connectivity index (χ0n) is 19.3. The van der Waals surface area contributed by atoms with Gasteiger partial charge in [0.2, 0.25) is 0 Å². The third-order valence-electron chi connectivity index (χ3n) is 6.06. The smallest absolute Gasteiger partial charge is 0.280 e. The Morgan fingerprint density at radius 2 is 1.85 bits per heavy atom. The number of benzene rings is 2. The van der Waals surface area contributed by atoms with Crippen molar-refractivity contribution in [2.75, 3.05) is 20.3 Å². The van der Waals surface area contributed by atoms with Crippen LogP contribution in [0.1, 0.15) is 73.3 Å². The van der Waals surface area contributed by atoms with Crippen molar-refractivity contribution in [2.45, 2.75) is 51.0 Å². The molecule has 0 radical (unpaired) electrons. The van der Waals surface area contributed by atoms with Gasteiger partial charge in [0.25, 0.3) is 5.90 Å². The van der Waals surface area contributed by atoms with Gasteiger partial charge in [-0.15, -0.1) is 0 Å². The predicted octanol–water partition coefficient (Wildman–Crippen LogP) is 5.56. The van der Waals surface area contributed by atoms with Crippen LogP contribution < -0.4 is 0 Å². The maximum Gasteiger partial charge on any atom is 0.280 e. The SMILES string of the molecule is CO/N=C(/C1=NOCCO1)c1ccccc1/C=N/OC(C)c1ccc(C2CCCCC2)cc1. The third kappa shape index (κ3) is 5.92. The van der Waals surface area contributed by atoms with E-state index in [0.29, 0.717) is 24.8 Å². The predicted molar refractivity (Wildman–Crippen MR) is 129 cm³/mol. The third-order valence-corrected chi connectivity index (χ3v) is 6.06. The van der Waals surface area contributed by atoms with Crippen LogP contribution in [-0.4, -0.2) is 38.1 Å². The summed E-state index contributed by atoms with van der Waals surface area (Å²) in [7, 11) is 1.48. The summed E-state index contributed by atoms with van der Waals surface area (Å²) >= 11 is 0. The molecule has 0 bridgehead atoms. The molecule has 7 heteroatoms. The summed E-state index contributed by atoms with van der Waals surface area (Å²) in [6, 6.07) is 16.4. The second-order valence-electron chi connectivity index (χ2n) is 8.27. The summed E-state index contributed by atoms with van der Waals surface area (Å²) in [5, 5.41) is 12.3. The molecule has 2 aromatic carbocycles. The first-order valence-corrected chi connectivity index (χ1v) is 11.6. The summed E-state index contributed by atoms with van der Waals surface area (Å²) in [5.74, 6) is 0.973. The molecular weight excluding hydrogens is 418 g/mol. The highest BCUT2D eigenvalue weighted by atomic mass is 16.7. The van der Waals surface area contributed by atoms with Crippen molar-refractivity contribution in [3.63, 3.8) is 0 Å². The van der Waals surface area contributed by atoms with Crippen molar-refractivity contribution in [1.29, 1.82) is 0 Å². The quantitative estimate of drug-likeness (QED) is 0.391. The lowest BCUT2D eigenvalue weighted by atomic mass is 9.84. The van der Waals surface area contributed by atoms with E-state index in [1.54, 1.807) is 6.21 Å². The Balaban J connectivity index is 1.44. The molecular formula is C26H31N3O4. The van der Waals surface area contributed by atoms with Gasteiger partial charge in [-0.1, -0.05) is 78.1 Å². The lowest BCUT2D eigenvalue weighted by Gasteiger charge is -2.22. The summed E-state index contributed by atoms with van der Waals surface area (Å²) < 4.78 is 5.59. The molecule has 1 aliphatic carbocycles. The van der Waals surface area contributed by atoms with Crippen LogP contribution in [0.25, 0.3) is 0 Å². The van der Waals surface area contributed by atoms with Crippen molar-refractivity contribution in [1.82, 2.24) is 0 Å². The van der Waals surface area contributed by atoms with Gasteiger partial charge in [0.1, 0.15) is 19.8 Å². The molecule has 33 heavy (non-hydrogen) atoms. The average molecular weight is 450 g/mol. The van der Waals surface area contributed by atoms with Crippen molar-refractivity contribution < 1.29 is 19.2 Å². The van der Waals surface area contributed by atoms with E-state index in [1.807, 2.05) is 31.2 Å². The molecule has 0 amide bonds. The summed E-state index contributed by atoms with van der Waals surface area (Å²) in [4.78, 5) is 15.9. The number of hydrogen-bond acceptors (Lipinski definition) is 7. The van der Waals surface area contributed by atoms with Gasteiger partial charge in [0.15, 0.2) is 12.3 Å². The van der Waals surface area contributed by atoms with Gasteiger partial charge in [0, 0.05) is 11.1 Å². The molecule has 2 aromatic rings. The van der Waals surface area contributed by atoms with Gasteiger partial charge in [-0.2, -0.15) is 0 Å². The molecule has 2 aliphatic rings. The van der Waals surface area contributed by atoms with E-state index in [0.717, 1.165) is 16.7 Å². The van der Waals surface area contributed by atoms with Gasteiger partial charge in [0.05, 0.1) is 6.21 Å². The molecule has 0 spiro atoms. The molecule has 1 atom stereocenters. The summed E-state index contributed by atoms with van der Waals surface area (Å²) in [6.45, 7) is 2.80. The van der Waals surface area contributed by atoms with E-state index >= 15 is 0 Å². The number of rotatable bonds is 8. The van der Waals surface area contributed by atoms with Crippen molar-refractivity contribution in [3.05, 3.63) is 70.8 Å². The van der Waals surface area contributed by atoms with Crippen molar-refractivity contribution in [3.8, 4) is 0 Å². The molecule has 1 saturated carbocycles. The van der Waals surface area contributed by atoms with Gasteiger partial charge in [-0.05, 0) is 42.0 Å². The van der Waals surface area contributed by atoms with Crippen LogP contribution in [0, 0.1) is 0 Å². The molecule has 4 rings (SSSR count). The molecule has 1 unspecified atom stereocenters.